The first kappa shape index (κ1) is 42.9. The second-order valence-electron chi connectivity index (χ2n) is 2.60. The molecule has 10 nitrogen and oxygen atoms in total. The zero-order valence-corrected chi connectivity index (χ0v) is 13.9. The number of carboxylic acid groups (broad SMARTS) is 4. The maximum Gasteiger partial charge on any atom is 1.00 e. The molecule has 0 saturated heterocycles. The second kappa shape index (κ2) is 42.7. The number of aliphatic carboxylic acids is 4. The quantitative estimate of drug-likeness (QED) is 0.336. The molecule has 0 rings (SSSR count). The molecule has 22 heavy (non-hydrogen) atoms. The third-order valence-electron chi connectivity index (χ3n) is 0.167. The van der Waals surface area contributed by atoms with Crippen molar-refractivity contribution in [1.29, 1.82) is 0 Å². The minimum absolute atomic E-state index is 0. The predicted molar refractivity (Wildman–Crippen MR) is 66.1 cm³/mol. The van der Waals surface area contributed by atoms with E-state index in [9.17, 15) is 0 Å². The summed E-state index contributed by atoms with van der Waals surface area (Å²) in [6.07, 6.45) is 0. The minimum Gasteiger partial charge on any atom is -0.550 e. The SMILES string of the molecule is CC(=O)O.CC(=O)O.CC(=O)[O-].CC(=O)[O-].NCCN.[Li+].[Li+]. The van der Waals surface area contributed by atoms with E-state index in [1.54, 1.807) is 0 Å². The number of carbonyl (C=O) groups is 4. The molecule has 6 N–H and O–H groups in total. The molecule has 0 unspecified atom stereocenters. The number of hydrogen-bond acceptors (Lipinski definition) is 8. The molecule has 0 aromatic rings. The number of hydrogen-bond donors (Lipinski definition) is 4. The van der Waals surface area contributed by atoms with Crippen LogP contribution in [0, 0.1) is 0 Å². The fraction of sp³-hybridized carbons (Fsp3) is 0.600. The fourth-order valence-electron chi connectivity index (χ4n) is 0. The van der Waals surface area contributed by atoms with Crippen molar-refractivity contribution in [2.45, 2.75) is 27.7 Å². The Morgan fingerprint density at radius 1 is 0.727 bits per heavy atom. The normalized spacial score (nSPS) is 5.91. The number of carboxylic acids is 4. The third kappa shape index (κ3) is 228000000. The first-order valence-corrected chi connectivity index (χ1v) is 4.99. The van der Waals surface area contributed by atoms with Gasteiger partial charge in [-0.15, -0.1) is 0 Å². The van der Waals surface area contributed by atoms with Gasteiger partial charge in [-0.1, -0.05) is 0 Å². The van der Waals surface area contributed by atoms with Gasteiger partial charge < -0.3 is 41.5 Å². The molecule has 0 amide bonds. The monoisotopic (exact) mass is 312 g/mol. The summed E-state index contributed by atoms with van der Waals surface area (Å²) in [5.74, 6) is -3.83. The van der Waals surface area contributed by atoms with Crippen LogP contribution < -0.4 is 59.4 Å². The Labute approximate surface area is 153 Å². The molecule has 0 atom stereocenters. The first-order chi connectivity index (χ1) is 8.84. The van der Waals surface area contributed by atoms with Gasteiger partial charge in [0.25, 0.3) is 11.9 Å². The minimum atomic E-state index is -1.08. The van der Waals surface area contributed by atoms with E-state index >= 15 is 0 Å². The molecule has 0 aliphatic carbocycles. The Bertz CT molecular complexity index is 199. The van der Waals surface area contributed by atoms with E-state index in [2.05, 4.69) is 0 Å². The summed E-state index contributed by atoms with van der Waals surface area (Å²) in [7, 11) is 0. The van der Waals surface area contributed by atoms with E-state index in [0.29, 0.717) is 13.1 Å². The number of rotatable bonds is 1. The van der Waals surface area contributed by atoms with Crippen LogP contribution in [0.15, 0.2) is 0 Å². The van der Waals surface area contributed by atoms with Gasteiger partial charge in [0.05, 0.1) is 0 Å². The maximum atomic E-state index is 9.00. The molecule has 0 aliphatic heterocycles. The smallest absolute Gasteiger partial charge is 0.550 e. The third-order valence-corrected chi connectivity index (χ3v) is 0.167. The molecule has 0 aliphatic rings. The molecular formula is C10H22Li2N2O8. The number of carbonyl (C=O) groups excluding carboxylic acids is 2. The van der Waals surface area contributed by atoms with Crippen molar-refractivity contribution in [3.63, 3.8) is 0 Å². The topological polar surface area (TPSA) is 207 Å². The Hall–Kier alpha value is -1.01. The molecule has 0 bridgehead atoms. The molecule has 0 fully saturated rings. The van der Waals surface area contributed by atoms with Crippen LogP contribution in [-0.4, -0.2) is 47.2 Å². The zero-order chi connectivity index (χ0) is 17.7. The summed E-state index contributed by atoms with van der Waals surface area (Å²) in [5, 5.41) is 32.6. The van der Waals surface area contributed by atoms with Crippen LogP contribution in [0.5, 0.6) is 0 Å². The summed E-state index contributed by atoms with van der Waals surface area (Å²) in [4.78, 5) is 35.8. The largest absolute Gasteiger partial charge is 1.00 e. The fourth-order valence-corrected chi connectivity index (χ4v) is 0. The van der Waals surface area contributed by atoms with Crippen LogP contribution in [0.1, 0.15) is 27.7 Å². The average Bonchev–Trinajstić information content (AvgIpc) is 2.13. The van der Waals surface area contributed by atoms with Crippen LogP contribution in [0.25, 0.3) is 0 Å². The molecule has 0 aromatic heterocycles. The summed E-state index contributed by atoms with van der Waals surface area (Å²) in [5.41, 5.74) is 9.81. The van der Waals surface area contributed by atoms with Gasteiger partial charge in [0, 0.05) is 38.9 Å². The van der Waals surface area contributed by atoms with Gasteiger partial charge in [-0.05, 0) is 13.8 Å². The van der Waals surface area contributed by atoms with Crippen molar-refractivity contribution in [2.75, 3.05) is 13.1 Å². The van der Waals surface area contributed by atoms with Gasteiger partial charge in [0.15, 0.2) is 0 Å². The van der Waals surface area contributed by atoms with E-state index in [-0.39, 0.29) is 37.7 Å². The van der Waals surface area contributed by atoms with E-state index in [4.69, 9.17) is 51.1 Å². The van der Waals surface area contributed by atoms with Crippen molar-refractivity contribution < 1.29 is 77.3 Å². The molecule has 12 heteroatoms. The average molecular weight is 312 g/mol. The van der Waals surface area contributed by atoms with Gasteiger partial charge in [-0.2, -0.15) is 0 Å². The Morgan fingerprint density at radius 2 is 0.773 bits per heavy atom. The molecule has 0 heterocycles. The molecule has 0 aromatic carbocycles. The van der Waals surface area contributed by atoms with Gasteiger partial charge >= 0.3 is 37.7 Å². The van der Waals surface area contributed by atoms with Crippen LogP contribution in [-0.2, 0) is 19.2 Å². The van der Waals surface area contributed by atoms with Gasteiger partial charge in [-0.3, -0.25) is 9.59 Å². The summed E-state index contributed by atoms with van der Waals surface area (Å²) < 4.78 is 0. The van der Waals surface area contributed by atoms with Crippen LogP contribution in [0.4, 0.5) is 0 Å². The zero-order valence-electron chi connectivity index (χ0n) is 13.9. The van der Waals surface area contributed by atoms with Crippen LogP contribution >= 0.6 is 0 Å². The molecule has 122 valence electrons. The van der Waals surface area contributed by atoms with Crippen LogP contribution in [0.2, 0.25) is 0 Å². The van der Waals surface area contributed by atoms with E-state index in [1.165, 1.54) is 0 Å². The van der Waals surface area contributed by atoms with Crippen molar-refractivity contribution in [3.8, 4) is 0 Å². The van der Waals surface area contributed by atoms with Gasteiger partial charge in [0.2, 0.25) is 0 Å². The standard InChI is InChI=1S/C2H8N2.4C2H4O2.2Li/c3-1-2-4;4*1-2(3)4;;/h1-4H2;4*1H3,(H,3,4);;/q;;;;;2*+1/p-2. The number of nitrogens with two attached hydrogens (primary N) is 2. The maximum absolute atomic E-state index is 9.00. The van der Waals surface area contributed by atoms with Crippen molar-refractivity contribution in [3.05, 3.63) is 0 Å². The van der Waals surface area contributed by atoms with E-state index in [1.807, 2.05) is 0 Å². The molecule has 0 saturated carbocycles. The van der Waals surface area contributed by atoms with Crippen molar-refractivity contribution >= 4 is 23.9 Å². The van der Waals surface area contributed by atoms with Crippen molar-refractivity contribution in [2.24, 2.45) is 11.5 Å². The van der Waals surface area contributed by atoms with E-state index < -0.39 is 23.9 Å². The van der Waals surface area contributed by atoms with Gasteiger partial charge in [-0.25, -0.2) is 0 Å². The molecule has 0 spiro atoms. The van der Waals surface area contributed by atoms with E-state index in [0.717, 1.165) is 27.7 Å². The molecular weight excluding hydrogens is 290 g/mol. The first-order valence-electron chi connectivity index (χ1n) is 4.99. The Kier molecular flexibility index (Phi) is 83.2. The summed E-state index contributed by atoms with van der Waals surface area (Å²) in [6, 6.07) is 0. The van der Waals surface area contributed by atoms with Gasteiger partial charge in [0.1, 0.15) is 0 Å². The predicted octanol–water partition coefficient (Wildman–Crippen LogP) is -9.39. The van der Waals surface area contributed by atoms with Crippen molar-refractivity contribution in [1.82, 2.24) is 0 Å². The summed E-state index contributed by atoms with van der Waals surface area (Å²) >= 11 is 0. The Morgan fingerprint density at radius 3 is 0.773 bits per heavy atom. The van der Waals surface area contributed by atoms with Crippen LogP contribution in [0.3, 0.4) is 0 Å². The Balaban J connectivity index is -0.0000000250. The molecule has 0 radical (unpaired) electrons. The summed E-state index contributed by atoms with van der Waals surface area (Å²) in [6.45, 7) is 5.31. The second-order valence-corrected chi connectivity index (χ2v) is 2.60.